The molecule has 0 bridgehead atoms. The lowest BCUT2D eigenvalue weighted by molar-refractivity contribution is 0.0286. The van der Waals surface area contributed by atoms with Gasteiger partial charge in [-0.05, 0) is 56.8 Å². The SMILES string of the molecule is CC(=N)c1c(N)nc(-c2ccc(NOSN(C)c3ccccn3)cc2)nc1OC1CCN(C)CC1F. The minimum Gasteiger partial charge on any atom is -0.471 e. The van der Waals surface area contributed by atoms with Crippen molar-refractivity contribution in [3.8, 4) is 17.3 Å². The van der Waals surface area contributed by atoms with Crippen LogP contribution in [0.3, 0.4) is 0 Å². The Balaban J connectivity index is 1.46. The number of pyridine rings is 1. The number of benzene rings is 1. The van der Waals surface area contributed by atoms with Gasteiger partial charge in [-0.15, -0.1) is 0 Å². The summed E-state index contributed by atoms with van der Waals surface area (Å²) < 4.78 is 27.8. The van der Waals surface area contributed by atoms with Gasteiger partial charge < -0.3 is 20.8 Å². The Morgan fingerprint density at radius 1 is 1.25 bits per heavy atom. The first-order chi connectivity index (χ1) is 17.3. The zero-order valence-electron chi connectivity index (χ0n) is 20.3. The molecule has 0 saturated carbocycles. The third-order valence-corrected chi connectivity index (χ3v) is 6.22. The second-order valence-corrected chi connectivity index (χ2v) is 9.35. The van der Waals surface area contributed by atoms with E-state index in [1.807, 2.05) is 49.3 Å². The van der Waals surface area contributed by atoms with E-state index in [2.05, 4.69) is 20.4 Å². The van der Waals surface area contributed by atoms with Crippen LogP contribution >= 0.6 is 12.2 Å². The molecule has 1 aliphatic rings. The van der Waals surface area contributed by atoms with Crippen molar-refractivity contribution in [2.75, 3.05) is 42.7 Å². The molecule has 1 aromatic carbocycles. The van der Waals surface area contributed by atoms with E-state index in [1.54, 1.807) is 29.6 Å². The van der Waals surface area contributed by atoms with Crippen molar-refractivity contribution in [2.24, 2.45) is 0 Å². The summed E-state index contributed by atoms with van der Waals surface area (Å²) in [7, 11) is 3.72. The predicted octanol–water partition coefficient (Wildman–Crippen LogP) is 3.97. The van der Waals surface area contributed by atoms with E-state index in [-0.39, 0.29) is 29.5 Å². The number of nitrogen functional groups attached to an aromatic ring is 1. The Hall–Kier alpha value is -3.48. The molecule has 0 amide bonds. The van der Waals surface area contributed by atoms with Gasteiger partial charge in [-0.2, -0.15) is 9.27 Å². The van der Waals surface area contributed by atoms with Crippen molar-refractivity contribution in [1.29, 1.82) is 5.41 Å². The summed E-state index contributed by atoms with van der Waals surface area (Å²) in [6.45, 7) is 2.57. The lowest BCUT2D eigenvalue weighted by Gasteiger charge is -2.32. The van der Waals surface area contributed by atoms with Gasteiger partial charge in [0.05, 0.1) is 11.3 Å². The normalized spacial score (nSPS) is 18.0. The number of ether oxygens (including phenoxy) is 1. The summed E-state index contributed by atoms with van der Waals surface area (Å²) in [5.41, 5.74) is 10.9. The number of nitrogens with one attached hydrogen (secondary N) is 2. The van der Waals surface area contributed by atoms with E-state index in [1.165, 1.54) is 0 Å². The molecule has 0 aliphatic carbocycles. The van der Waals surface area contributed by atoms with Crippen molar-refractivity contribution in [2.45, 2.75) is 25.6 Å². The zero-order chi connectivity index (χ0) is 25.7. The van der Waals surface area contributed by atoms with Crippen LogP contribution in [0.5, 0.6) is 5.88 Å². The largest absolute Gasteiger partial charge is 0.471 e. The number of anilines is 3. The fourth-order valence-electron chi connectivity index (χ4n) is 3.72. The van der Waals surface area contributed by atoms with Crippen LogP contribution in [0, 0.1) is 5.41 Å². The van der Waals surface area contributed by atoms with E-state index in [0.29, 0.717) is 30.0 Å². The predicted molar refractivity (Wildman–Crippen MR) is 141 cm³/mol. The first kappa shape index (κ1) is 25.6. The van der Waals surface area contributed by atoms with Crippen LogP contribution in [0.1, 0.15) is 18.9 Å². The Kier molecular flexibility index (Phi) is 8.18. The number of piperidine rings is 1. The molecule has 2 unspecified atom stereocenters. The Morgan fingerprint density at radius 3 is 2.69 bits per heavy atom. The highest BCUT2D eigenvalue weighted by Crippen LogP contribution is 2.30. The second kappa shape index (κ2) is 11.5. The number of halogens is 1. The van der Waals surface area contributed by atoms with E-state index in [4.69, 9.17) is 20.2 Å². The van der Waals surface area contributed by atoms with Crippen LogP contribution in [0.2, 0.25) is 0 Å². The van der Waals surface area contributed by atoms with E-state index in [9.17, 15) is 4.39 Å². The summed E-state index contributed by atoms with van der Waals surface area (Å²) in [6, 6.07) is 12.9. The number of likely N-dealkylation sites (tertiary alicyclic amines) is 1. The molecule has 2 atom stereocenters. The Labute approximate surface area is 213 Å². The van der Waals surface area contributed by atoms with Crippen molar-refractivity contribution < 1.29 is 13.4 Å². The summed E-state index contributed by atoms with van der Waals surface area (Å²) in [4.78, 5) is 15.1. The van der Waals surface area contributed by atoms with Gasteiger partial charge in [0.25, 0.3) is 0 Å². The van der Waals surface area contributed by atoms with Crippen LogP contribution in [0.4, 0.5) is 21.7 Å². The summed E-state index contributed by atoms with van der Waals surface area (Å²) >= 11 is 1.10. The second-order valence-electron chi connectivity index (χ2n) is 8.48. The highest BCUT2D eigenvalue weighted by molar-refractivity contribution is 7.96. The fourth-order valence-corrected chi connectivity index (χ4v) is 4.15. The molecule has 36 heavy (non-hydrogen) atoms. The van der Waals surface area contributed by atoms with Gasteiger partial charge in [-0.25, -0.2) is 14.4 Å². The first-order valence-corrected chi connectivity index (χ1v) is 12.1. The van der Waals surface area contributed by atoms with Crippen LogP contribution < -0.4 is 20.3 Å². The molecule has 3 aromatic rings. The zero-order valence-corrected chi connectivity index (χ0v) is 21.1. The summed E-state index contributed by atoms with van der Waals surface area (Å²) in [5, 5.41) is 8.10. The minimum absolute atomic E-state index is 0.116. The summed E-state index contributed by atoms with van der Waals surface area (Å²) in [6.07, 6.45) is 0.402. The molecule has 0 spiro atoms. The van der Waals surface area contributed by atoms with Gasteiger partial charge in [0.2, 0.25) is 5.88 Å². The van der Waals surface area contributed by atoms with Gasteiger partial charge in [-0.3, -0.25) is 9.79 Å². The average Bonchev–Trinajstić information content (AvgIpc) is 2.86. The molecule has 1 aliphatic heterocycles. The van der Waals surface area contributed by atoms with E-state index in [0.717, 1.165) is 18.0 Å². The lowest BCUT2D eigenvalue weighted by Crippen LogP contribution is -2.45. The maximum absolute atomic E-state index is 14.6. The molecule has 4 rings (SSSR count). The van der Waals surface area contributed by atoms with Gasteiger partial charge in [0.1, 0.15) is 36.1 Å². The smallest absolute Gasteiger partial charge is 0.228 e. The van der Waals surface area contributed by atoms with Gasteiger partial charge in [-0.1, -0.05) is 6.07 Å². The molecule has 190 valence electrons. The number of alkyl halides is 1. The van der Waals surface area contributed by atoms with Crippen LogP contribution in [0.15, 0.2) is 48.7 Å². The van der Waals surface area contributed by atoms with Crippen LogP contribution in [-0.2, 0) is 4.28 Å². The van der Waals surface area contributed by atoms with Crippen molar-refractivity contribution in [3.05, 3.63) is 54.2 Å². The molecular weight excluding hydrogens is 483 g/mol. The average molecular weight is 513 g/mol. The maximum Gasteiger partial charge on any atom is 0.228 e. The Bertz CT molecular complexity index is 1180. The van der Waals surface area contributed by atoms with Crippen molar-refractivity contribution >= 4 is 35.3 Å². The molecule has 3 heterocycles. The van der Waals surface area contributed by atoms with E-state index < -0.39 is 12.3 Å². The van der Waals surface area contributed by atoms with Gasteiger partial charge >= 0.3 is 0 Å². The molecule has 4 N–H and O–H groups in total. The molecule has 10 nitrogen and oxygen atoms in total. The molecule has 12 heteroatoms. The van der Waals surface area contributed by atoms with Gasteiger partial charge in [0.15, 0.2) is 5.82 Å². The molecular formula is C24H29FN8O2S. The Morgan fingerprint density at radius 2 is 2.03 bits per heavy atom. The molecule has 1 saturated heterocycles. The summed E-state index contributed by atoms with van der Waals surface area (Å²) in [5.74, 6) is 1.33. The van der Waals surface area contributed by atoms with Crippen molar-refractivity contribution in [1.82, 2.24) is 19.9 Å². The maximum atomic E-state index is 14.6. The molecule has 1 fully saturated rings. The fraction of sp³-hybridized carbons (Fsp3) is 0.333. The number of rotatable bonds is 9. The standard InChI is InChI=1S/C24H29FN8O2S/c1-15(26)21-22(27)29-23(30-24(21)34-19-11-13-32(2)14-18(19)25)16-7-9-17(10-8-16)31-35-36-33(3)20-6-4-5-12-28-20/h4-10,12,18-19,26,31H,11,13-14H2,1-3H3,(H2,27,29,30). The van der Waals surface area contributed by atoms with Crippen LogP contribution in [-0.4, -0.2) is 65.0 Å². The minimum atomic E-state index is -1.16. The van der Waals surface area contributed by atoms with E-state index >= 15 is 0 Å². The topological polar surface area (TPSA) is 126 Å². The quantitative estimate of drug-likeness (QED) is 0.168. The third kappa shape index (κ3) is 6.20. The first-order valence-electron chi connectivity index (χ1n) is 11.4. The monoisotopic (exact) mass is 512 g/mol. The van der Waals surface area contributed by atoms with Crippen LogP contribution in [0.25, 0.3) is 11.4 Å². The highest BCUT2D eigenvalue weighted by atomic mass is 32.2. The van der Waals surface area contributed by atoms with Crippen molar-refractivity contribution in [3.63, 3.8) is 0 Å². The number of nitrogens with two attached hydrogens (primary N) is 1. The lowest BCUT2D eigenvalue weighted by atomic mass is 10.1. The number of hydrogen-bond donors (Lipinski definition) is 3. The van der Waals surface area contributed by atoms with Gasteiger partial charge in [0, 0.05) is 37.6 Å². The number of aromatic nitrogens is 3. The molecule has 0 radical (unpaired) electrons. The number of hydrogen-bond acceptors (Lipinski definition) is 11. The number of nitrogens with zero attached hydrogens (tertiary/aromatic N) is 5. The highest BCUT2D eigenvalue weighted by Gasteiger charge is 2.31. The molecule has 2 aromatic heterocycles. The third-order valence-electron chi connectivity index (χ3n) is 5.65.